The van der Waals surface area contributed by atoms with Gasteiger partial charge in [0.15, 0.2) is 0 Å². The van der Waals surface area contributed by atoms with E-state index in [0.717, 1.165) is 89.5 Å². The number of amides is 1. The maximum absolute atomic E-state index is 12.6. The highest BCUT2D eigenvalue weighted by Gasteiger charge is 2.50. The number of hydrogen-bond acceptors (Lipinski definition) is 5. The molecule has 4 aliphatic heterocycles. The number of carbonyl (C=O) groups is 1. The van der Waals surface area contributed by atoms with Gasteiger partial charge in [-0.05, 0) is 49.5 Å². The standard InChI is InChI=1S/C19H31NO4S/c21-18(16-4-9-25-10-5-16)20-13-19(14-20)11-17(3-8-24-19)23-12-15-1-6-22-7-2-15/h15-17H,1-14H2/t17-/m0/s1. The second-order valence-electron chi connectivity index (χ2n) is 8.12. The molecule has 6 heteroatoms. The second kappa shape index (κ2) is 8.15. The summed E-state index contributed by atoms with van der Waals surface area (Å²) in [5.41, 5.74) is -0.127. The molecule has 5 nitrogen and oxygen atoms in total. The van der Waals surface area contributed by atoms with E-state index in [1.54, 1.807) is 0 Å². The molecule has 0 radical (unpaired) electrons. The largest absolute Gasteiger partial charge is 0.381 e. The van der Waals surface area contributed by atoms with Crippen LogP contribution < -0.4 is 0 Å². The van der Waals surface area contributed by atoms with Gasteiger partial charge in [0.1, 0.15) is 5.60 Å². The van der Waals surface area contributed by atoms with Crippen molar-refractivity contribution < 1.29 is 19.0 Å². The molecule has 0 aromatic carbocycles. The van der Waals surface area contributed by atoms with Crippen molar-refractivity contribution in [3.05, 3.63) is 0 Å². The summed E-state index contributed by atoms with van der Waals surface area (Å²) in [6.07, 6.45) is 6.56. The van der Waals surface area contributed by atoms with Crippen LogP contribution in [-0.2, 0) is 19.0 Å². The third kappa shape index (κ3) is 4.34. The predicted molar refractivity (Wildman–Crippen MR) is 97.8 cm³/mol. The van der Waals surface area contributed by atoms with Crippen molar-refractivity contribution in [1.29, 1.82) is 0 Å². The van der Waals surface area contributed by atoms with E-state index < -0.39 is 0 Å². The molecule has 0 aliphatic carbocycles. The van der Waals surface area contributed by atoms with Crippen LogP contribution in [0.2, 0.25) is 0 Å². The zero-order valence-corrected chi connectivity index (χ0v) is 15.9. The topological polar surface area (TPSA) is 48.0 Å². The van der Waals surface area contributed by atoms with Crippen LogP contribution >= 0.6 is 11.8 Å². The molecule has 0 bridgehead atoms. The fourth-order valence-corrected chi connectivity index (χ4v) is 5.65. The summed E-state index contributed by atoms with van der Waals surface area (Å²) < 4.78 is 17.7. The minimum Gasteiger partial charge on any atom is -0.381 e. The van der Waals surface area contributed by atoms with E-state index in [4.69, 9.17) is 14.2 Å². The van der Waals surface area contributed by atoms with Crippen LogP contribution in [0.3, 0.4) is 0 Å². The summed E-state index contributed by atoms with van der Waals surface area (Å²) >= 11 is 1.97. The molecule has 4 rings (SSSR count). The maximum Gasteiger partial charge on any atom is 0.225 e. The first-order valence-electron chi connectivity index (χ1n) is 9.94. The van der Waals surface area contributed by atoms with Crippen LogP contribution in [0.5, 0.6) is 0 Å². The lowest BCUT2D eigenvalue weighted by Gasteiger charge is -2.53. The fourth-order valence-electron chi connectivity index (χ4n) is 4.54. The van der Waals surface area contributed by atoms with Crippen molar-refractivity contribution >= 4 is 17.7 Å². The van der Waals surface area contributed by atoms with Crippen LogP contribution in [-0.4, -0.2) is 73.5 Å². The SMILES string of the molecule is O=C(C1CCSCC1)N1CC2(C[C@@H](OCC3CCOCC3)CCO2)C1. The molecule has 4 heterocycles. The molecule has 4 fully saturated rings. The van der Waals surface area contributed by atoms with Gasteiger partial charge >= 0.3 is 0 Å². The highest BCUT2D eigenvalue weighted by Crippen LogP contribution is 2.37. The van der Waals surface area contributed by atoms with Gasteiger partial charge in [-0.1, -0.05) is 0 Å². The first-order chi connectivity index (χ1) is 12.2. The van der Waals surface area contributed by atoms with Crippen LogP contribution in [0.15, 0.2) is 0 Å². The van der Waals surface area contributed by atoms with Crippen LogP contribution in [0, 0.1) is 11.8 Å². The summed E-state index contributed by atoms with van der Waals surface area (Å²) in [6, 6.07) is 0. The van der Waals surface area contributed by atoms with Gasteiger partial charge < -0.3 is 19.1 Å². The van der Waals surface area contributed by atoms with Crippen molar-refractivity contribution in [2.24, 2.45) is 11.8 Å². The van der Waals surface area contributed by atoms with Gasteiger partial charge in [0.05, 0.1) is 19.2 Å². The van der Waals surface area contributed by atoms with E-state index in [1.807, 2.05) is 16.7 Å². The van der Waals surface area contributed by atoms with Gasteiger partial charge in [0.25, 0.3) is 0 Å². The van der Waals surface area contributed by atoms with Crippen LogP contribution in [0.4, 0.5) is 0 Å². The van der Waals surface area contributed by atoms with Gasteiger partial charge in [0.2, 0.25) is 5.91 Å². The van der Waals surface area contributed by atoms with Crippen molar-refractivity contribution in [2.45, 2.75) is 50.2 Å². The summed E-state index contributed by atoms with van der Waals surface area (Å²) in [6.45, 7) is 4.91. The minimum absolute atomic E-state index is 0.127. The van der Waals surface area contributed by atoms with E-state index in [9.17, 15) is 4.79 Å². The molecule has 4 aliphatic rings. The molecule has 0 saturated carbocycles. The summed E-state index contributed by atoms with van der Waals surface area (Å²) in [4.78, 5) is 14.7. The lowest BCUT2D eigenvalue weighted by atomic mass is 9.83. The normalized spacial score (nSPS) is 31.0. The fraction of sp³-hybridized carbons (Fsp3) is 0.947. The van der Waals surface area contributed by atoms with Gasteiger partial charge in [-0.3, -0.25) is 4.79 Å². The average Bonchev–Trinajstić information content (AvgIpc) is 2.65. The monoisotopic (exact) mass is 369 g/mol. The van der Waals surface area contributed by atoms with Crippen molar-refractivity contribution in [3.63, 3.8) is 0 Å². The lowest BCUT2D eigenvalue weighted by molar-refractivity contribution is -0.205. The Bertz CT molecular complexity index is 456. The maximum atomic E-state index is 12.6. The first-order valence-corrected chi connectivity index (χ1v) is 11.1. The van der Waals surface area contributed by atoms with Gasteiger partial charge in [-0.25, -0.2) is 0 Å². The lowest BCUT2D eigenvalue weighted by Crippen LogP contribution is -2.68. The van der Waals surface area contributed by atoms with Crippen molar-refractivity contribution in [1.82, 2.24) is 4.90 Å². The highest BCUT2D eigenvalue weighted by molar-refractivity contribution is 7.99. The molecule has 1 atom stereocenters. The molecule has 0 unspecified atom stereocenters. The molecule has 0 aromatic heterocycles. The number of likely N-dealkylation sites (tertiary alicyclic amines) is 1. The number of rotatable bonds is 4. The van der Waals surface area contributed by atoms with Gasteiger partial charge in [-0.15, -0.1) is 0 Å². The Labute approximate surface area is 155 Å². The Morgan fingerprint density at radius 3 is 2.60 bits per heavy atom. The molecular formula is C19H31NO4S. The van der Waals surface area contributed by atoms with E-state index in [0.29, 0.717) is 17.9 Å². The average molecular weight is 370 g/mol. The minimum atomic E-state index is -0.127. The van der Waals surface area contributed by atoms with Crippen molar-refractivity contribution in [2.75, 3.05) is 51.0 Å². The van der Waals surface area contributed by atoms with E-state index in [1.165, 1.54) is 0 Å². The third-order valence-electron chi connectivity index (χ3n) is 6.20. The van der Waals surface area contributed by atoms with E-state index in [2.05, 4.69) is 0 Å². The Kier molecular flexibility index (Phi) is 5.90. The smallest absolute Gasteiger partial charge is 0.225 e. The number of hydrogen-bond donors (Lipinski definition) is 0. The summed E-state index contributed by atoms with van der Waals surface area (Å²) in [5, 5.41) is 0. The van der Waals surface area contributed by atoms with E-state index in [-0.39, 0.29) is 11.5 Å². The van der Waals surface area contributed by atoms with Gasteiger partial charge in [-0.2, -0.15) is 11.8 Å². The Balaban J connectivity index is 1.22. The zero-order valence-electron chi connectivity index (χ0n) is 15.1. The number of carbonyl (C=O) groups excluding carboxylic acids is 1. The third-order valence-corrected chi connectivity index (χ3v) is 7.25. The van der Waals surface area contributed by atoms with Gasteiger partial charge in [0, 0.05) is 38.8 Å². The number of thioether (sulfide) groups is 1. The first kappa shape index (κ1) is 18.1. The molecule has 4 saturated heterocycles. The number of nitrogens with zero attached hydrogens (tertiary/aromatic N) is 1. The van der Waals surface area contributed by atoms with Crippen molar-refractivity contribution in [3.8, 4) is 0 Å². The van der Waals surface area contributed by atoms with Crippen LogP contribution in [0.25, 0.3) is 0 Å². The summed E-state index contributed by atoms with van der Waals surface area (Å²) in [7, 11) is 0. The van der Waals surface area contributed by atoms with Crippen LogP contribution in [0.1, 0.15) is 38.5 Å². The highest BCUT2D eigenvalue weighted by atomic mass is 32.2. The predicted octanol–water partition coefficient (Wildman–Crippen LogP) is 2.33. The molecule has 142 valence electrons. The summed E-state index contributed by atoms with van der Waals surface area (Å²) in [5.74, 6) is 3.53. The second-order valence-corrected chi connectivity index (χ2v) is 9.34. The molecule has 25 heavy (non-hydrogen) atoms. The Morgan fingerprint density at radius 2 is 1.84 bits per heavy atom. The zero-order chi connectivity index (χ0) is 17.1. The molecule has 1 amide bonds. The Morgan fingerprint density at radius 1 is 1.08 bits per heavy atom. The molecule has 0 aromatic rings. The van der Waals surface area contributed by atoms with E-state index >= 15 is 0 Å². The quantitative estimate of drug-likeness (QED) is 0.761. The molecular weight excluding hydrogens is 338 g/mol. The molecule has 1 spiro atoms. The number of ether oxygens (including phenoxy) is 3. The Hall–Kier alpha value is -0.300. The molecule has 0 N–H and O–H groups in total.